The van der Waals surface area contributed by atoms with Crippen LogP contribution in [0.4, 0.5) is 5.69 Å². The molecule has 1 aliphatic heterocycles. The predicted octanol–water partition coefficient (Wildman–Crippen LogP) is 2.63. The Kier molecular flexibility index (Phi) is 3.20. The van der Waals surface area contributed by atoms with Crippen molar-refractivity contribution in [2.24, 2.45) is 5.92 Å². The molecule has 16 heavy (non-hydrogen) atoms. The Balaban J connectivity index is 2.26. The van der Waals surface area contributed by atoms with E-state index in [0.717, 1.165) is 11.6 Å². The van der Waals surface area contributed by atoms with Crippen LogP contribution in [0.3, 0.4) is 0 Å². The second-order valence-corrected chi connectivity index (χ2v) is 5.25. The van der Waals surface area contributed by atoms with Crippen LogP contribution < -0.4 is 5.73 Å². The van der Waals surface area contributed by atoms with Crippen molar-refractivity contribution < 1.29 is 0 Å². The fraction of sp³-hybridized carbons (Fsp3) is 0.571. The summed E-state index contributed by atoms with van der Waals surface area (Å²) in [5, 5.41) is 0. The number of hydrogen-bond acceptors (Lipinski definition) is 2. The van der Waals surface area contributed by atoms with Gasteiger partial charge in [0.2, 0.25) is 0 Å². The molecule has 1 heterocycles. The van der Waals surface area contributed by atoms with Crippen LogP contribution >= 0.6 is 0 Å². The van der Waals surface area contributed by atoms with Gasteiger partial charge in [0.15, 0.2) is 0 Å². The van der Waals surface area contributed by atoms with Gasteiger partial charge < -0.3 is 10.6 Å². The second kappa shape index (κ2) is 4.46. The Morgan fingerprint density at radius 2 is 2.12 bits per heavy atom. The van der Waals surface area contributed by atoms with Gasteiger partial charge in [0, 0.05) is 12.2 Å². The Morgan fingerprint density at radius 1 is 1.38 bits per heavy atom. The van der Waals surface area contributed by atoms with Gasteiger partial charge in [-0.3, -0.25) is 0 Å². The van der Waals surface area contributed by atoms with Crippen LogP contribution in [-0.2, 0) is 0 Å². The number of nitrogen functional groups attached to an aromatic ring is 1. The largest absolute Gasteiger partial charge is 0.399 e. The number of benzene rings is 1. The standard InChI is InChI=1S/C14H22N2/c1-10-4-5-12(15)8-14(10)13-6-7-16(3)9-11(13)2/h4-5,8,11,13H,6-7,9,15H2,1-3H3. The SMILES string of the molecule is Cc1ccc(N)cc1C1CCN(C)CC1C. The number of nitrogens with two attached hydrogens (primary N) is 1. The molecule has 1 aromatic carbocycles. The number of likely N-dealkylation sites (tertiary alicyclic amines) is 1. The molecule has 0 aliphatic carbocycles. The maximum absolute atomic E-state index is 5.90. The van der Waals surface area contributed by atoms with Crippen molar-refractivity contribution in [3.63, 3.8) is 0 Å². The first-order valence-electron chi connectivity index (χ1n) is 6.12. The highest BCUT2D eigenvalue weighted by atomic mass is 15.1. The Bertz CT molecular complexity index is 373. The van der Waals surface area contributed by atoms with Gasteiger partial charge >= 0.3 is 0 Å². The van der Waals surface area contributed by atoms with Gasteiger partial charge in [-0.1, -0.05) is 13.0 Å². The summed E-state index contributed by atoms with van der Waals surface area (Å²) in [7, 11) is 2.21. The summed E-state index contributed by atoms with van der Waals surface area (Å²) in [6, 6.07) is 6.32. The van der Waals surface area contributed by atoms with Crippen molar-refractivity contribution in [2.45, 2.75) is 26.2 Å². The van der Waals surface area contributed by atoms with Crippen molar-refractivity contribution in [1.29, 1.82) is 0 Å². The van der Waals surface area contributed by atoms with E-state index in [-0.39, 0.29) is 0 Å². The molecule has 0 aromatic heterocycles. The zero-order valence-electron chi connectivity index (χ0n) is 10.5. The molecule has 1 saturated heterocycles. The Morgan fingerprint density at radius 3 is 2.81 bits per heavy atom. The Labute approximate surface area is 98.4 Å². The highest BCUT2D eigenvalue weighted by Crippen LogP contribution is 2.34. The molecular formula is C14H22N2. The van der Waals surface area contributed by atoms with E-state index in [0.29, 0.717) is 5.92 Å². The summed E-state index contributed by atoms with van der Waals surface area (Å²) < 4.78 is 0. The molecule has 88 valence electrons. The first kappa shape index (κ1) is 11.5. The van der Waals surface area contributed by atoms with E-state index in [1.807, 2.05) is 6.07 Å². The molecule has 0 bridgehead atoms. The van der Waals surface area contributed by atoms with Gasteiger partial charge in [-0.15, -0.1) is 0 Å². The van der Waals surface area contributed by atoms with Crippen molar-refractivity contribution in [3.05, 3.63) is 29.3 Å². The third-order valence-corrected chi connectivity index (χ3v) is 3.81. The fourth-order valence-corrected chi connectivity index (χ4v) is 2.87. The quantitative estimate of drug-likeness (QED) is 0.734. The number of nitrogens with zero attached hydrogens (tertiary/aromatic N) is 1. The summed E-state index contributed by atoms with van der Waals surface area (Å²) in [5.41, 5.74) is 9.64. The van der Waals surface area contributed by atoms with E-state index in [2.05, 4.69) is 37.9 Å². The van der Waals surface area contributed by atoms with Gasteiger partial charge in [0.05, 0.1) is 0 Å². The lowest BCUT2D eigenvalue weighted by Gasteiger charge is -2.35. The van der Waals surface area contributed by atoms with Crippen LogP contribution in [0.25, 0.3) is 0 Å². The van der Waals surface area contributed by atoms with E-state index in [9.17, 15) is 0 Å². The molecule has 2 heteroatoms. The molecule has 0 saturated carbocycles. The fourth-order valence-electron chi connectivity index (χ4n) is 2.87. The van der Waals surface area contributed by atoms with Crippen molar-refractivity contribution in [1.82, 2.24) is 4.90 Å². The van der Waals surface area contributed by atoms with Gasteiger partial charge in [-0.05, 0) is 62.0 Å². The molecule has 2 rings (SSSR count). The van der Waals surface area contributed by atoms with E-state index >= 15 is 0 Å². The highest BCUT2D eigenvalue weighted by Gasteiger charge is 2.26. The van der Waals surface area contributed by atoms with Crippen molar-refractivity contribution in [2.75, 3.05) is 25.9 Å². The molecule has 1 aliphatic rings. The van der Waals surface area contributed by atoms with Crippen LogP contribution in [0.15, 0.2) is 18.2 Å². The summed E-state index contributed by atoms with van der Waals surface area (Å²) in [5.74, 6) is 1.40. The lowest BCUT2D eigenvalue weighted by atomic mass is 9.80. The van der Waals surface area contributed by atoms with Crippen molar-refractivity contribution >= 4 is 5.69 Å². The molecule has 0 amide bonds. The van der Waals surface area contributed by atoms with Crippen LogP contribution in [0.1, 0.15) is 30.4 Å². The number of hydrogen-bond donors (Lipinski definition) is 1. The smallest absolute Gasteiger partial charge is 0.0317 e. The zero-order valence-corrected chi connectivity index (χ0v) is 10.5. The Hall–Kier alpha value is -1.02. The molecule has 0 radical (unpaired) electrons. The van der Waals surface area contributed by atoms with E-state index in [1.54, 1.807) is 0 Å². The van der Waals surface area contributed by atoms with Crippen LogP contribution in [0.2, 0.25) is 0 Å². The number of aryl methyl sites for hydroxylation is 1. The molecule has 2 atom stereocenters. The molecular weight excluding hydrogens is 196 g/mol. The second-order valence-electron chi connectivity index (χ2n) is 5.25. The molecule has 0 spiro atoms. The van der Waals surface area contributed by atoms with Crippen LogP contribution in [0.5, 0.6) is 0 Å². The number of rotatable bonds is 1. The van der Waals surface area contributed by atoms with E-state index < -0.39 is 0 Å². The third kappa shape index (κ3) is 2.22. The summed E-state index contributed by atoms with van der Waals surface area (Å²) >= 11 is 0. The van der Waals surface area contributed by atoms with E-state index in [1.165, 1.54) is 30.6 Å². The average molecular weight is 218 g/mol. The third-order valence-electron chi connectivity index (χ3n) is 3.81. The topological polar surface area (TPSA) is 29.3 Å². The molecule has 2 unspecified atom stereocenters. The van der Waals surface area contributed by atoms with Crippen LogP contribution in [-0.4, -0.2) is 25.0 Å². The first-order chi connectivity index (χ1) is 7.58. The monoisotopic (exact) mass is 218 g/mol. The molecule has 2 nitrogen and oxygen atoms in total. The average Bonchev–Trinajstić information content (AvgIpc) is 2.22. The summed E-state index contributed by atoms with van der Waals surface area (Å²) in [6.07, 6.45) is 1.25. The predicted molar refractivity (Wildman–Crippen MR) is 69.6 cm³/mol. The number of anilines is 1. The maximum atomic E-state index is 5.90. The maximum Gasteiger partial charge on any atom is 0.0317 e. The minimum atomic E-state index is 0.680. The van der Waals surface area contributed by atoms with Gasteiger partial charge in [0.1, 0.15) is 0 Å². The normalized spacial score (nSPS) is 26.9. The lowest BCUT2D eigenvalue weighted by Crippen LogP contribution is -2.35. The van der Waals surface area contributed by atoms with Gasteiger partial charge in [-0.2, -0.15) is 0 Å². The van der Waals surface area contributed by atoms with Gasteiger partial charge in [0.25, 0.3) is 0 Å². The first-order valence-corrected chi connectivity index (χ1v) is 6.12. The molecule has 2 N–H and O–H groups in total. The highest BCUT2D eigenvalue weighted by molar-refractivity contribution is 5.46. The summed E-state index contributed by atoms with van der Waals surface area (Å²) in [4.78, 5) is 2.42. The van der Waals surface area contributed by atoms with E-state index in [4.69, 9.17) is 5.73 Å². The minimum absolute atomic E-state index is 0.680. The zero-order chi connectivity index (χ0) is 11.7. The van der Waals surface area contributed by atoms with Gasteiger partial charge in [-0.25, -0.2) is 0 Å². The minimum Gasteiger partial charge on any atom is -0.399 e. The number of piperidine rings is 1. The molecule has 1 aromatic rings. The van der Waals surface area contributed by atoms with Crippen LogP contribution in [0, 0.1) is 12.8 Å². The molecule has 1 fully saturated rings. The lowest BCUT2D eigenvalue weighted by molar-refractivity contribution is 0.195. The summed E-state index contributed by atoms with van der Waals surface area (Å²) in [6.45, 7) is 6.94. The van der Waals surface area contributed by atoms with Crippen molar-refractivity contribution in [3.8, 4) is 0 Å².